The number of likely N-dealkylation sites (tertiary alicyclic amines) is 1. The number of morpholine rings is 1. The highest BCUT2D eigenvalue weighted by Crippen LogP contribution is 2.34. The lowest BCUT2D eigenvalue weighted by atomic mass is 10.2. The summed E-state index contributed by atoms with van der Waals surface area (Å²) < 4.78 is 8.62. The minimum Gasteiger partial charge on any atom is -0.379 e. The zero-order valence-electron chi connectivity index (χ0n) is 19.1. The van der Waals surface area contributed by atoms with Gasteiger partial charge in [0.25, 0.3) is 5.91 Å². The molecule has 5 rings (SSSR count). The molecule has 0 unspecified atom stereocenters. The third kappa shape index (κ3) is 5.68. The normalized spacial score (nSPS) is 17.1. The van der Waals surface area contributed by atoms with Gasteiger partial charge in [-0.3, -0.25) is 19.7 Å². The lowest BCUT2D eigenvalue weighted by Gasteiger charge is -2.27. The van der Waals surface area contributed by atoms with Gasteiger partial charge in [0.1, 0.15) is 5.82 Å². The van der Waals surface area contributed by atoms with Crippen LogP contribution >= 0.6 is 45.8 Å². The molecule has 1 N–H and O–H groups in total. The molecule has 3 aromatic rings. The van der Waals surface area contributed by atoms with Gasteiger partial charge in [-0.05, 0) is 91.0 Å². The number of hydrogen-bond donors (Lipinski definition) is 1. The molecule has 0 bridgehead atoms. The zero-order valence-corrected chi connectivity index (χ0v) is 22.8. The number of carbonyl (C=O) groups is 1. The van der Waals surface area contributed by atoms with Crippen molar-refractivity contribution >= 4 is 51.7 Å². The summed E-state index contributed by atoms with van der Waals surface area (Å²) in [5, 5.41) is 2.93. The van der Waals surface area contributed by atoms with E-state index in [-0.39, 0.29) is 5.91 Å². The summed E-state index contributed by atoms with van der Waals surface area (Å²) in [6.07, 6.45) is 2.31. The Balaban J connectivity index is 1.65. The molecule has 2 fully saturated rings. The van der Waals surface area contributed by atoms with Crippen LogP contribution in [0.1, 0.15) is 29.0 Å². The molecule has 2 aliphatic rings. The van der Waals surface area contributed by atoms with Gasteiger partial charge in [0.2, 0.25) is 0 Å². The summed E-state index contributed by atoms with van der Waals surface area (Å²) in [5.41, 5.74) is 5.95. The fraction of sp³-hybridized carbons (Fsp3) is 0.360. The monoisotopic (exact) mass is 625 g/mol. The van der Waals surface area contributed by atoms with E-state index in [1.807, 2.05) is 23.2 Å². The number of amides is 1. The number of rotatable bonds is 6. The van der Waals surface area contributed by atoms with E-state index < -0.39 is 0 Å². The van der Waals surface area contributed by atoms with Crippen molar-refractivity contribution in [1.29, 1.82) is 0 Å². The molecule has 2 saturated heterocycles. The summed E-state index contributed by atoms with van der Waals surface area (Å²) in [4.78, 5) is 20.9. The Hall–Kier alpha value is -1.69. The number of imidazole rings is 1. The molecular weight excluding hydrogens is 600 g/mol. The fourth-order valence-corrected chi connectivity index (χ4v) is 5.38. The molecule has 3 heterocycles. The average Bonchev–Trinajstić information content (AvgIpc) is 3.49. The van der Waals surface area contributed by atoms with E-state index in [4.69, 9.17) is 32.9 Å². The zero-order chi connectivity index (χ0) is 24.4. The van der Waals surface area contributed by atoms with Gasteiger partial charge < -0.3 is 4.74 Å². The maximum absolute atomic E-state index is 13.6. The van der Waals surface area contributed by atoms with Gasteiger partial charge in [-0.2, -0.15) is 0 Å². The number of hydrogen-bond acceptors (Lipinski definition) is 5. The van der Waals surface area contributed by atoms with Crippen LogP contribution in [-0.2, 0) is 11.3 Å². The topological polar surface area (TPSA) is 62.6 Å². The largest absolute Gasteiger partial charge is 0.379 e. The van der Waals surface area contributed by atoms with Gasteiger partial charge in [0.15, 0.2) is 5.69 Å². The quantitative estimate of drug-likeness (QED) is 0.390. The van der Waals surface area contributed by atoms with Crippen molar-refractivity contribution in [2.24, 2.45) is 0 Å². The second-order valence-electron chi connectivity index (χ2n) is 8.69. The number of halogens is 3. The van der Waals surface area contributed by atoms with Crippen molar-refractivity contribution in [3.05, 3.63) is 67.5 Å². The second-order valence-corrected chi connectivity index (χ2v) is 10.8. The summed E-state index contributed by atoms with van der Waals surface area (Å²) in [6, 6.07) is 13.6. The molecule has 10 heteroatoms. The minimum absolute atomic E-state index is 0.225. The molecule has 1 amide bonds. The molecule has 0 spiro atoms. The molecule has 0 saturated carbocycles. The van der Waals surface area contributed by atoms with Crippen LogP contribution in [0.3, 0.4) is 0 Å². The first-order valence-corrected chi connectivity index (χ1v) is 13.5. The van der Waals surface area contributed by atoms with Crippen molar-refractivity contribution in [3.8, 4) is 17.1 Å². The Kier molecular flexibility index (Phi) is 7.95. The standard InChI is InChI=1S/C25H26Cl2IN5O2/c26-17-3-8-20(21(27)15-17)24-29-23(25(34)30-32-11-13-35-14-12-32)22(16-31-9-1-2-10-31)33(24)19-6-4-18(28)5-7-19/h3-8,15H,1-2,9-14,16H2,(H,30,34). The lowest BCUT2D eigenvalue weighted by molar-refractivity contribution is 0.0124. The van der Waals surface area contributed by atoms with Crippen LogP contribution in [0, 0.1) is 3.57 Å². The Morgan fingerprint density at radius 3 is 2.43 bits per heavy atom. The second kappa shape index (κ2) is 11.1. The number of hydrazine groups is 1. The predicted molar refractivity (Wildman–Crippen MR) is 146 cm³/mol. The van der Waals surface area contributed by atoms with Crippen molar-refractivity contribution in [2.75, 3.05) is 39.4 Å². The molecule has 0 radical (unpaired) electrons. The van der Waals surface area contributed by atoms with Crippen LogP contribution in [0.4, 0.5) is 0 Å². The Bertz CT molecular complexity index is 1210. The van der Waals surface area contributed by atoms with Crippen LogP contribution in [0.5, 0.6) is 0 Å². The molecule has 35 heavy (non-hydrogen) atoms. The number of nitrogens with zero attached hydrogens (tertiary/aromatic N) is 4. The molecule has 1 aromatic heterocycles. The highest BCUT2D eigenvalue weighted by Gasteiger charge is 2.28. The van der Waals surface area contributed by atoms with Crippen molar-refractivity contribution in [3.63, 3.8) is 0 Å². The molecule has 0 atom stereocenters. The first-order valence-electron chi connectivity index (χ1n) is 11.7. The maximum atomic E-state index is 13.6. The predicted octanol–water partition coefficient (Wildman–Crippen LogP) is 5.02. The van der Waals surface area contributed by atoms with Gasteiger partial charge in [-0.15, -0.1) is 0 Å². The SMILES string of the molecule is O=C(NN1CCOCC1)c1nc(-c2ccc(Cl)cc2Cl)n(-c2ccc(I)cc2)c1CN1CCCC1. The average molecular weight is 626 g/mol. The highest BCUT2D eigenvalue weighted by atomic mass is 127. The van der Waals surface area contributed by atoms with Gasteiger partial charge in [-0.1, -0.05) is 23.2 Å². The molecule has 0 aliphatic carbocycles. The fourth-order valence-electron chi connectivity index (χ4n) is 4.53. The first kappa shape index (κ1) is 25.0. The minimum atomic E-state index is -0.225. The molecular formula is C25H26Cl2IN5O2. The Morgan fingerprint density at radius 2 is 1.74 bits per heavy atom. The third-order valence-electron chi connectivity index (χ3n) is 6.29. The Labute approximate surface area is 228 Å². The van der Waals surface area contributed by atoms with Crippen LogP contribution in [0.25, 0.3) is 17.1 Å². The van der Waals surface area contributed by atoms with Gasteiger partial charge in [0, 0.05) is 39.5 Å². The number of benzene rings is 2. The highest BCUT2D eigenvalue weighted by molar-refractivity contribution is 14.1. The van der Waals surface area contributed by atoms with Crippen LogP contribution < -0.4 is 5.43 Å². The third-order valence-corrected chi connectivity index (χ3v) is 7.55. The van der Waals surface area contributed by atoms with E-state index in [1.165, 1.54) is 0 Å². The van der Waals surface area contributed by atoms with Crippen molar-refractivity contribution in [1.82, 2.24) is 24.9 Å². The Morgan fingerprint density at radius 1 is 1.03 bits per heavy atom. The van der Waals surface area contributed by atoms with Gasteiger partial charge in [-0.25, -0.2) is 9.99 Å². The molecule has 2 aliphatic heterocycles. The van der Waals surface area contributed by atoms with E-state index in [0.29, 0.717) is 54.4 Å². The summed E-state index contributed by atoms with van der Waals surface area (Å²) in [7, 11) is 0. The van der Waals surface area contributed by atoms with E-state index >= 15 is 0 Å². The maximum Gasteiger partial charge on any atom is 0.286 e. The van der Waals surface area contributed by atoms with Gasteiger partial charge >= 0.3 is 0 Å². The van der Waals surface area contributed by atoms with Crippen molar-refractivity contribution < 1.29 is 9.53 Å². The lowest BCUT2D eigenvalue weighted by Crippen LogP contribution is -2.48. The van der Waals surface area contributed by atoms with E-state index in [2.05, 4.69) is 49.6 Å². The van der Waals surface area contributed by atoms with E-state index in [0.717, 1.165) is 46.4 Å². The first-order chi connectivity index (χ1) is 17.0. The van der Waals surface area contributed by atoms with E-state index in [9.17, 15) is 4.79 Å². The van der Waals surface area contributed by atoms with Crippen LogP contribution in [0.15, 0.2) is 42.5 Å². The summed E-state index contributed by atoms with van der Waals surface area (Å²) in [6.45, 7) is 5.07. The van der Waals surface area contributed by atoms with Crippen LogP contribution in [0.2, 0.25) is 10.0 Å². The molecule has 7 nitrogen and oxygen atoms in total. The number of carbonyl (C=O) groups excluding carboxylic acids is 1. The van der Waals surface area contributed by atoms with Crippen LogP contribution in [-0.4, -0.2) is 64.8 Å². The van der Waals surface area contributed by atoms with E-state index in [1.54, 1.807) is 12.1 Å². The number of nitrogens with one attached hydrogen (secondary N) is 1. The van der Waals surface area contributed by atoms with Crippen molar-refractivity contribution in [2.45, 2.75) is 19.4 Å². The molecule has 2 aromatic carbocycles. The number of aromatic nitrogens is 2. The molecule has 184 valence electrons. The summed E-state index contributed by atoms with van der Waals surface area (Å²) >= 11 is 15.1. The smallest absolute Gasteiger partial charge is 0.286 e. The summed E-state index contributed by atoms with van der Waals surface area (Å²) in [5.74, 6) is 0.394. The number of ether oxygens (including phenoxy) is 1. The van der Waals surface area contributed by atoms with Gasteiger partial charge in [0.05, 0.1) is 23.9 Å².